The fourth-order valence-electron chi connectivity index (χ4n) is 2.27. The molecule has 0 aliphatic carbocycles. The molecule has 0 aliphatic rings. The Morgan fingerprint density at radius 3 is 2.44 bits per heavy atom. The maximum atomic E-state index is 10.0. The summed E-state index contributed by atoms with van der Waals surface area (Å²) in [4.78, 5) is 8.89. The lowest BCUT2D eigenvalue weighted by Crippen LogP contribution is -2.12. The fraction of sp³-hybridized carbons (Fsp3) is 0.105. The number of hydrogen-bond acceptors (Lipinski definition) is 6. The molecule has 1 aromatic heterocycles. The average molecular weight is 334 g/mol. The van der Waals surface area contributed by atoms with E-state index in [2.05, 4.69) is 15.1 Å². The molecule has 2 N–H and O–H groups in total. The molecule has 0 aliphatic heterocycles. The minimum atomic E-state index is 0.134. The number of hydrazone groups is 1. The molecule has 0 saturated heterocycles. The molecule has 1 heterocycles. The highest BCUT2D eigenvalue weighted by Crippen LogP contribution is 2.27. The normalized spacial score (nSPS) is 11.0. The van der Waals surface area contributed by atoms with E-state index < -0.39 is 0 Å². The zero-order valence-electron chi connectivity index (χ0n) is 14.0. The van der Waals surface area contributed by atoms with Crippen LogP contribution in [0.15, 0.2) is 59.7 Å². The summed E-state index contributed by atoms with van der Waals surface area (Å²) in [6, 6.07) is 15.5. The van der Waals surface area contributed by atoms with Crippen molar-refractivity contribution >= 4 is 12.0 Å². The van der Waals surface area contributed by atoms with Gasteiger partial charge in [0.2, 0.25) is 0 Å². The number of anilines is 1. The molecule has 0 bridgehead atoms. The zero-order chi connectivity index (χ0) is 17.8. The Balaban J connectivity index is 1.89. The van der Waals surface area contributed by atoms with Gasteiger partial charge in [-0.25, -0.2) is 9.97 Å². The summed E-state index contributed by atoms with van der Waals surface area (Å²) in [6.45, 7) is 1.87. The van der Waals surface area contributed by atoms with Gasteiger partial charge in [-0.2, -0.15) is 5.10 Å². The standard InChI is InChI=1S/C19H18N4O2/c1-13-11-18(22-19(21-13)16-5-3-4-6-17(16)25)23(2)20-12-14-7-9-15(24)10-8-14/h3-12,24-25H,1-2H3. The Morgan fingerprint density at radius 2 is 1.72 bits per heavy atom. The topological polar surface area (TPSA) is 81.8 Å². The molecule has 3 aromatic rings. The Labute approximate surface area is 145 Å². The summed E-state index contributed by atoms with van der Waals surface area (Å²) < 4.78 is 0. The van der Waals surface area contributed by atoms with E-state index in [1.165, 1.54) is 0 Å². The third-order valence-electron chi connectivity index (χ3n) is 3.59. The summed E-state index contributed by atoms with van der Waals surface area (Å²) in [5.41, 5.74) is 2.20. The zero-order valence-corrected chi connectivity index (χ0v) is 14.0. The maximum absolute atomic E-state index is 10.0. The third-order valence-corrected chi connectivity index (χ3v) is 3.59. The number of nitrogens with zero attached hydrogens (tertiary/aromatic N) is 4. The fourth-order valence-corrected chi connectivity index (χ4v) is 2.27. The number of phenolic OH excluding ortho intramolecular Hbond substituents is 2. The van der Waals surface area contributed by atoms with E-state index in [0.717, 1.165) is 11.3 Å². The number of aryl methyl sites for hydroxylation is 1. The first kappa shape index (κ1) is 16.4. The third kappa shape index (κ3) is 3.92. The molecule has 2 aromatic carbocycles. The van der Waals surface area contributed by atoms with Crippen LogP contribution in [-0.2, 0) is 0 Å². The summed E-state index contributed by atoms with van der Waals surface area (Å²) in [5.74, 6) is 1.40. The van der Waals surface area contributed by atoms with Crippen LogP contribution in [0.4, 0.5) is 5.82 Å². The molecule has 0 unspecified atom stereocenters. The summed E-state index contributed by atoms with van der Waals surface area (Å²) >= 11 is 0. The molecule has 0 amide bonds. The van der Waals surface area contributed by atoms with E-state index >= 15 is 0 Å². The molecular formula is C19H18N4O2. The first-order valence-electron chi connectivity index (χ1n) is 7.74. The molecule has 126 valence electrons. The van der Waals surface area contributed by atoms with Crippen LogP contribution in [-0.4, -0.2) is 33.4 Å². The number of phenols is 2. The van der Waals surface area contributed by atoms with E-state index in [4.69, 9.17) is 0 Å². The minimum Gasteiger partial charge on any atom is -0.508 e. The predicted molar refractivity (Wildman–Crippen MR) is 98.0 cm³/mol. The lowest BCUT2D eigenvalue weighted by Gasteiger charge is -2.14. The van der Waals surface area contributed by atoms with Gasteiger partial charge in [0.1, 0.15) is 11.5 Å². The minimum absolute atomic E-state index is 0.134. The summed E-state index contributed by atoms with van der Waals surface area (Å²) in [5, 5.41) is 25.3. The van der Waals surface area contributed by atoms with Gasteiger partial charge in [0, 0.05) is 18.8 Å². The lowest BCUT2D eigenvalue weighted by atomic mass is 10.2. The van der Waals surface area contributed by atoms with Gasteiger partial charge >= 0.3 is 0 Å². The second-order valence-corrected chi connectivity index (χ2v) is 5.57. The molecule has 0 atom stereocenters. The van der Waals surface area contributed by atoms with Crippen LogP contribution in [0, 0.1) is 6.92 Å². The second kappa shape index (κ2) is 7.00. The van der Waals surface area contributed by atoms with Crippen molar-refractivity contribution in [1.82, 2.24) is 9.97 Å². The molecule has 0 radical (unpaired) electrons. The van der Waals surface area contributed by atoms with Crippen molar-refractivity contribution in [3.05, 3.63) is 65.9 Å². The van der Waals surface area contributed by atoms with Crippen molar-refractivity contribution in [2.75, 3.05) is 12.1 Å². The number of para-hydroxylation sites is 1. The molecule has 0 spiro atoms. The van der Waals surface area contributed by atoms with Crippen LogP contribution in [0.5, 0.6) is 11.5 Å². The SMILES string of the molecule is Cc1cc(N(C)N=Cc2ccc(O)cc2)nc(-c2ccccc2O)n1. The predicted octanol–water partition coefficient (Wildman–Crippen LogP) is 3.33. The van der Waals surface area contributed by atoms with Crippen molar-refractivity contribution in [3.8, 4) is 22.9 Å². The highest BCUT2D eigenvalue weighted by molar-refractivity contribution is 5.80. The molecule has 0 fully saturated rings. The quantitative estimate of drug-likeness (QED) is 0.565. The van der Waals surface area contributed by atoms with Crippen LogP contribution in [0.3, 0.4) is 0 Å². The van der Waals surface area contributed by atoms with Crippen LogP contribution < -0.4 is 5.01 Å². The van der Waals surface area contributed by atoms with Gasteiger partial charge in [0.15, 0.2) is 11.6 Å². The van der Waals surface area contributed by atoms with Gasteiger partial charge in [-0.05, 0) is 48.9 Å². The van der Waals surface area contributed by atoms with Crippen molar-refractivity contribution in [2.24, 2.45) is 5.10 Å². The van der Waals surface area contributed by atoms with Crippen LogP contribution in [0.1, 0.15) is 11.3 Å². The number of aromatic hydroxyl groups is 2. The van der Waals surface area contributed by atoms with E-state index in [9.17, 15) is 10.2 Å². The molecule has 6 nitrogen and oxygen atoms in total. The number of rotatable bonds is 4. The molecule has 6 heteroatoms. The van der Waals surface area contributed by atoms with Gasteiger partial charge in [-0.3, -0.25) is 5.01 Å². The Morgan fingerprint density at radius 1 is 1.00 bits per heavy atom. The van der Waals surface area contributed by atoms with E-state index in [-0.39, 0.29) is 11.5 Å². The number of aromatic nitrogens is 2. The molecule has 3 rings (SSSR count). The van der Waals surface area contributed by atoms with E-state index in [1.807, 2.05) is 19.1 Å². The van der Waals surface area contributed by atoms with Gasteiger partial charge in [-0.15, -0.1) is 0 Å². The van der Waals surface area contributed by atoms with Crippen LogP contribution in [0.25, 0.3) is 11.4 Å². The van der Waals surface area contributed by atoms with Crippen LogP contribution >= 0.6 is 0 Å². The first-order valence-corrected chi connectivity index (χ1v) is 7.74. The van der Waals surface area contributed by atoms with Gasteiger partial charge < -0.3 is 10.2 Å². The summed E-state index contributed by atoms with van der Waals surface area (Å²) in [6.07, 6.45) is 1.68. The van der Waals surface area contributed by atoms with Crippen molar-refractivity contribution in [2.45, 2.75) is 6.92 Å². The first-order chi connectivity index (χ1) is 12.0. The molecule has 0 saturated carbocycles. The lowest BCUT2D eigenvalue weighted by molar-refractivity contribution is 0.475. The number of benzene rings is 2. The van der Waals surface area contributed by atoms with Gasteiger partial charge in [-0.1, -0.05) is 12.1 Å². The second-order valence-electron chi connectivity index (χ2n) is 5.57. The smallest absolute Gasteiger partial charge is 0.165 e. The summed E-state index contributed by atoms with van der Waals surface area (Å²) in [7, 11) is 1.79. The maximum Gasteiger partial charge on any atom is 0.165 e. The largest absolute Gasteiger partial charge is 0.508 e. The highest BCUT2D eigenvalue weighted by atomic mass is 16.3. The van der Waals surface area contributed by atoms with E-state index in [0.29, 0.717) is 17.2 Å². The average Bonchev–Trinajstić information content (AvgIpc) is 2.61. The van der Waals surface area contributed by atoms with Gasteiger partial charge in [0.05, 0.1) is 11.8 Å². The Kier molecular flexibility index (Phi) is 4.61. The highest BCUT2D eigenvalue weighted by Gasteiger charge is 2.10. The monoisotopic (exact) mass is 334 g/mol. The van der Waals surface area contributed by atoms with Crippen molar-refractivity contribution in [3.63, 3.8) is 0 Å². The molecule has 25 heavy (non-hydrogen) atoms. The van der Waals surface area contributed by atoms with Crippen molar-refractivity contribution in [1.29, 1.82) is 0 Å². The Bertz CT molecular complexity index is 908. The van der Waals surface area contributed by atoms with Gasteiger partial charge in [0.25, 0.3) is 0 Å². The molecular weight excluding hydrogens is 316 g/mol. The van der Waals surface area contributed by atoms with Crippen molar-refractivity contribution < 1.29 is 10.2 Å². The Hall–Kier alpha value is -3.41. The van der Waals surface area contributed by atoms with E-state index in [1.54, 1.807) is 60.7 Å². The number of hydrogen-bond donors (Lipinski definition) is 2. The van der Waals surface area contributed by atoms with Crippen LogP contribution in [0.2, 0.25) is 0 Å².